The lowest BCUT2D eigenvalue weighted by molar-refractivity contribution is 0.281. The lowest BCUT2D eigenvalue weighted by Gasteiger charge is -2.31. The molecule has 0 saturated heterocycles. The smallest absolute Gasteiger partial charge is 0.0157 e. The molecule has 2 fully saturated rings. The predicted molar refractivity (Wildman–Crippen MR) is 70.4 cm³/mol. The van der Waals surface area contributed by atoms with E-state index in [-0.39, 0.29) is 5.54 Å². The number of hydrogen-bond acceptors (Lipinski definition) is 1. The lowest BCUT2D eigenvalue weighted by Crippen LogP contribution is -2.40. The Balaban J connectivity index is 1.85. The summed E-state index contributed by atoms with van der Waals surface area (Å²) < 4.78 is 0. The molecule has 0 heterocycles. The summed E-state index contributed by atoms with van der Waals surface area (Å²) in [6, 6.07) is 0. The van der Waals surface area contributed by atoms with Crippen LogP contribution in [0.5, 0.6) is 0 Å². The molecular weight excluding hydrogens is 194 g/mol. The van der Waals surface area contributed by atoms with Crippen LogP contribution in [0.15, 0.2) is 0 Å². The fraction of sp³-hybridized carbons (Fsp3) is 1.00. The van der Waals surface area contributed by atoms with Crippen LogP contribution in [0.2, 0.25) is 0 Å². The van der Waals surface area contributed by atoms with Crippen molar-refractivity contribution in [3.8, 4) is 0 Å². The van der Waals surface area contributed by atoms with E-state index >= 15 is 0 Å². The molecule has 2 aliphatic rings. The maximum absolute atomic E-state index is 6.66. The molecular formula is C15H29N. The Morgan fingerprint density at radius 2 is 1.62 bits per heavy atom. The summed E-state index contributed by atoms with van der Waals surface area (Å²) in [5, 5.41) is 0. The molecule has 2 saturated carbocycles. The molecule has 0 spiro atoms. The molecule has 0 radical (unpaired) electrons. The fourth-order valence-corrected chi connectivity index (χ4v) is 3.91. The van der Waals surface area contributed by atoms with Gasteiger partial charge in [0, 0.05) is 5.54 Å². The molecule has 2 atom stereocenters. The van der Waals surface area contributed by atoms with Gasteiger partial charge in [0.1, 0.15) is 0 Å². The monoisotopic (exact) mass is 223 g/mol. The second-order valence-corrected chi connectivity index (χ2v) is 6.42. The van der Waals surface area contributed by atoms with Gasteiger partial charge in [-0.05, 0) is 37.5 Å². The van der Waals surface area contributed by atoms with Crippen LogP contribution >= 0.6 is 0 Å². The third kappa shape index (κ3) is 3.23. The summed E-state index contributed by atoms with van der Waals surface area (Å²) in [4.78, 5) is 0. The van der Waals surface area contributed by atoms with Gasteiger partial charge in [-0.1, -0.05) is 51.9 Å². The van der Waals surface area contributed by atoms with Crippen molar-refractivity contribution in [2.45, 2.75) is 83.1 Å². The maximum atomic E-state index is 6.66. The van der Waals surface area contributed by atoms with Crippen LogP contribution in [0, 0.1) is 11.8 Å². The Morgan fingerprint density at radius 1 is 0.938 bits per heavy atom. The maximum Gasteiger partial charge on any atom is 0.0157 e. The van der Waals surface area contributed by atoms with Gasteiger partial charge in [-0.2, -0.15) is 0 Å². The molecule has 1 nitrogen and oxygen atoms in total. The van der Waals surface area contributed by atoms with Gasteiger partial charge in [-0.3, -0.25) is 0 Å². The van der Waals surface area contributed by atoms with Crippen LogP contribution in [0.1, 0.15) is 77.6 Å². The zero-order valence-electron chi connectivity index (χ0n) is 11.0. The molecule has 2 N–H and O–H groups in total. The van der Waals surface area contributed by atoms with Crippen LogP contribution in [-0.2, 0) is 0 Å². The molecule has 0 bridgehead atoms. The second kappa shape index (κ2) is 5.53. The van der Waals surface area contributed by atoms with Crippen LogP contribution in [0.3, 0.4) is 0 Å². The van der Waals surface area contributed by atoms with E-state index in [9.17, 15) is 0 Å². The van der Waals surface area contributed by atoms with E-state index in [1.807, 2.05) is 0 Å². The normalized spacial score (nSPS) is 37.5. The van der Waals surface area contributed by atoms with Crippen molar-refractivity contribution in [1.29, 1.82) is 0 Å². The number of hydrogen-bond donors (Lipinski definition) is 1. The van der Waals surface area contributed by atoms with Gasteiger partial charge in [-0.25, -0.2) is 0 Å². The molecule has 1 heteroatoms. The van der Waals surface area contributed by atoms with Crippen molar-refractivity contribution in [1.82, 2.24) is 0 Å². The minimum atomic E-state index is 0.207. The molecule has 2 aliphatic carbocycles. The van der Waals surface area contributed by atoms with Gasteiger partial charge in [0.15, 0.2) is 0 Å². The summed E-state index contributed by atoms with van der Waals surface area (Å²) in [6.45, 7) is 2.34. The average Bonchev–Trinajstić information content (AvgIpc) is 2.68. The van der Waals surface area contributed by atoms with E-state index < -0.39 is 0 Å². The SMILES string of the molecule is CCC1CCCC(N)(CC2CCCC2)CC1. The molecule has 16 heavy (non-hydrogen) atoms. The first-order valence-corrected chi connectivity index (χ1v) is 7.51. The molecule has 2 rings (SSSR count). The van der Waals surface area contributed by atoms with E-state index in [0.717, 1.165) is 11.8 Å². The quantitative estimate of drug-likeness (QED) is 0.711. The second-order valence-electron chi connectivity index (χ2n) is 6.42. The first kappa shape index (κ1) is 12.4. The Hall–Kier alpha value is -0.0400. The summed E-state index contributed by atoms with van der Waals surface area (Å²) in [5.74, 6) is 1.93. The molecule has 0 amide bonds. The van der Waals surface area contributed by atoms with Crippen molar-refractivity contribution < 1.29 is 0 Å². The van der Waals surface area contributed by atoms with Crippen molar-refractivity contribution in [3.63, 3.8) is 0 Å². The largest absolute Gasteiger partial charge is 0.325 e. The number of rotatable bonds is 3. The molecule has 0 aromatic rings. The first-order chi connectivity index (χ1) is 7.72. The minimum absolute atomic E-state index is 0.207. The van der Waals surface area contributed by atoms with E-state index in [1.165, 1.54) is 70.6 Å². The van der Waals surface area contributed by atoms with Crippen LogP contribution < -0.4 is 5.73 Å². The Labute approximate surface area is 101 Å². The highest BCUT2D eigenvalue weighted by atomic mass is 14.7. The highest BCUT2D eigenvalue weighted by molar-refractivity contribution is 4.90. The van der Waals surface area contributed by atoms with E-state index in [4.69, 9.17) is 5.73 Å². The molecule has 2 unspecified atom stereocenters. The van der Waals surface area contributed by atoms with E-state index in [1.54, 1.807) is 0 Å². The van der Waals surface area contributed by atoms with Crippen molar-refractivity contribution in [2.24, 2.45) is 17.6 Å². The Morgan fingerprint density at radius 3 is 2.31 bits per heavy atom. The molecule has 0 aromatic carbocycles. The summed E-state index contributed by atoms with van der Waals surface area (Å²) in [5.41, 5.74) is 6.86. The van der Waals surface area contributed by atoms with Gasteiger partial charge >= 0.3 is 0 Å². The topological polar surface area (TPSA) is 26.0 Å². The van der Waals surface area contributed by atoms with Gasteiger partial charge in [-0.15, -0.1) is 0 Å². The first-order valence-electron chi connectivity index (χ1n) is 7.51. The predicted octanol–water partition coefficient (Wildman–Crippen LogP) is 4.25. The van der Waals surface area contributed by atoms with Crippen LogP contribution in [-0.4, -0.2) is 5.54 Å². The Kier molecular flexibility index (Phi) is 4.29. The van der Waals surface area contributed by atoms with E-state index in [0.29, 0.717) is 0 Å². The zero-order valence-corrected chi connectivity index (χ0v) is 11.0. The highest BCUT2D eigenvalue weighted by Gasteiger charge is 2.32. The summed E-state index contributed by atoms with van der Waals surface area (Å²) >= 11 is 0. The fourth-order valence-electron chi connectivity index (χ4n) is 3.91. The highest BCUT2D eigenvalue weighted by Crippen LogP contribution is 2.38. The third-order valence-corrected chi connectivity index (χ3v) is 5.08. The van der Waals surface area contributed by atoms with E-state index in [2.05, 4.69) is 6.92 Å². The average molecular weight is 223 g/mol. The Bertz CT molecular complexity index is 207. The van der Waals surface area contributed by atoms with Crippen molar-refractivity contribution in [2.75, 3.05) is 0 Å². The van der Waals surface area contributed by atoms with Gasteiger partial charge in [0.05, 0.1) is 0 Å². The third-order valence-electron chi connectivity index (χ3n) is 5.08. The lowest BCUT2D eigenvalue weighted by atomic mass is 9.81. The number of nitrogens with two attached hydrogens (primary N) is 1. The summed E-state index contributed by atoms with van der Waals surface area (Å²) in [7, 11) is 0. The minimum Gasteiger partial charge on any atom is -0.325 e. The van der Waals surface area contributed by atoms with Crippen LogP contribution in [0.4, 0.5) is 0 Å². The van der Waals surface area contributed by atoms with Gasteiger partial charge in [0.25, 0.3) is 0 Å². The van der Waals surface area contributed by atoms with Crippen molar-refractivity contribution in [3.05, 3.63) is 0 Å². The van der Waals surface area contributed by atoms with Gasteiger partial charge in [0.2, 0.25) is 0 Å². The summed E-state index contributed by atoms with van der Waals surface area (Å²) in [6.07, 6.45) is 15.3. The van der Waals surface area contributed by atoms with Crippen LogP contribution in [0.25, 0.3) is 0 Å². The standard InChI is InChI=1S/C15H29N/c1-2-13-8-5-10-15(16,11-9-13)12-14-6-3-4-7-14/h13-14H,2-12,16H2,1H3. The van der Waals surface area contributed by atoms with Gasteiger partial charge < -0.3 is 5.73 Å². The molecule has 0 aromatic heterocycles. The zero-order chi connectivity index (χ0) is 11.4. The van der Waals surface area contributed by atoms with Crippen molar-refractivity contribution >= 4 is 0 Å². The molecule has 94 valence electrons. The molecule has 0 aliphatic heterocycles.